The first kappa shape index (κ1) is 16.4. The Kier molecular flexibility index (Phi) is 5.59. The van der Waals surface area contributed by atoms with Crippen molar-refractivity contribution < 1.29 is 13.9 Å². The zero-order valence-corrected chi connectivity index (χ0v) is 13.4. The fourth-order valence-corrected chi connectivity index (χ4v) is 3.09. The maximum absolute atomic E-state index is 13.7. The molecular weight excluding hydrogens is 297 g/mol. The van der Waals surface area contributed by atoms with Crippen LogP contribution in [0.3, 0.4) is 0 Å². The minimum absolute atomic E-state index is 0.175. The molecule has 2 saturated heterocycles. The molecule has 2 aliphatic heterocycles. The highest BCUT2D eigenvalue weighted by Gasteiger charge is 2.24. The standard InChI is InChI=1S/C17H24FN3O2/c18-16-4-2-1-3-15(16)17(22)21-9-7-19(8-10-21)5-6-20-11-13-23-14-12-20/h1-4H,5-14H2. The highest BCUT2D eigenvalue weighted by Crippen LogP contribution is 2.12. The summed E-state index contributed by atoms with van der Waals surface area (Å²) in [5.41, 5.74) is 0.175. The van der Waals surface area contributed by atoms with Gasteiger partial charge in [0.15, 0.2) is 0 Å². The third-order valence-electron chi connectivity index (χ3n) is 4.60. The Balaban J connectivity index is 1.44. The van der Waals surface area contributed by atoms with Gasteiger partial charge in [-0.2, -0.15) is 0 Å². The lowest BCUT2D eigenvalue weighted by Crippen LogP contribution is -2.51. The first-order chi connectivity index (χ1) is 11.2. The van der Waals surface area contributed by atoms with E-state index in [-0.39, 0.29) is 11.5 Å². The molecule has 2 heterocycles. The highest BCUT2D eigenvalue weighted by molar-refractivity contribution is 5.94. The number of halogens is 1. The average molecular weight is 321 g/mol. The van der Waals surface area contributed by atoms with E-state index in [4.69, 9.17) is 4.74 Å². The minimum Gasteiger partial charge on any atom is -0.379 e. The number of morpholine rings is 1. The van der Waals surface area contributed by atoms with E-state index in [9.17, 15) is 9.18 Å². The molecule has 0 spiro atoms. The van der Waals surface area contributed by atoms with Crippen molar-refractivity contribution >= 4 is 5.91 Å². The predicted octanol–water partition coefficient (Wildman–Crippen LogP) is 0.916. The second kappa shape index (κ2) is 7.86. The molecule has 0 aromatic heterocycles. The molecule has 23 heavy (non-hydrogen) atoms. The van der Waals surface area contributed by atoms with E-state index >= 15 is 0 Å². The smallest absolute Gasteiger partial charge is 0.256 e. The topological polar surface area (TPSA) is 36.0 Å². The van der Waals surface area contributed by atoms with Crippen LogP contribution in [0.1, 0.15) is 10.4 Å². The third kappa shape index (κ3) is 4.28. The quantitative estimate of drug-likeness (QED) is 0.826. The van der Waals surface area contributed by atoms with Gasteiger partial charge in [0, 0.05) is 52.4 Å². The molecule has 3 rings (SSSR count). The molecule has 1 aromatic rings. The van der Waals surface area contributed by atoms with E-state index in [1.807, 2.05) is 0 Å². The molecule has 6 heteroatoms. The fraction of sp³-hybridized carbons (Fsp3) is 0.588. The summed E-state index contributed by atoms with van der Waals surface area (Å²) in [4.78, 5) is 18.9. The van der Waals surface area contributed by atoms with Crippen LogP contribution in [-0.2, 0) is 4.74 Å². The maximum Gasteiger partial charge on any atom is 0.256 e. The number of rotatable bonds is 4. The molecule has 0 N–H and O–H groups in total. The van der Waals surface area contributed by atoms with Crippen LogP contribution in [-0.4, -0.2) is 86.2 Å². The molecule has 126 valence electrons. The number of piperazine rings is 1. The van der Waals surface area contributed by atoms with Crippen LogP contribution in [0, 0.1) is 5.82 Å². The zero-order chi connectivity index (χ0) is 16.1. The molecule has 1 amide bonds. The summed E-state index contributed by atoms with van der Waals surface area (Å²) in [6.45, 7) is 8.75. The number of amides is 1. The van der Waals surface area contributed by atoms with Crippen LogP contribution in [0.4, 0.5) is 4.39 Å². The second-order valence-corrected chi connectivity index (χ2v) is 6.07. The molecule has 2 aliphatic rings. The van der Waals surface area contributed by atoms with Crippen molar-refractivity contribution in [3.05, 3.63) is 35.6 Å². The SMILES string of the molecule is O=C(c1ccccc1F)N1CCN(CCN2CCOCC2)CC1. The summed E-state index contributed by atoms with van der Waals surface area (Å²) in [7, 11) is 0. The van der Waals surface area contributed by atoms with Crippen molar-refractivity contribution in [3.8, 4) is 0 Å². The van der Waals surface area contributed by atoms with Crippen LogP contribution in [0.2, 0.25) is 0 Å². The van der Waals surface area contributed by atoms with E-state index in [1.165, 1.54) is 6.07 Å². The molecule has 2 fully saturated rings. The molecule has 0 saturated carbocycles. The van der Waals surface area contributed by atoms with Crippen LogP contribution < -0.4 is 0 Å². The summed E-state index contributed by atoms with van der Waals surface area (Å²) in [5.74, 6) is -0.636. The molecule has 0 bridgehead atoms. The molecule has 0 aliphatic carbocycles. The van der Waals surface area contributed by atoms with Gasteiger partial charge in [0.1, 0.15) is 5.82 Å². The average Bonchev–Trinajstić information content (AvgIpc) is 2.61. The van der Waals surface area contributed by atoms with Crippen molar-refractivity contribution in [3.63, 3.8) is 0 Å². The van der Waals surface area contributed by atoms with Crippen LogP contribution >= 0.6 is 0 Å². The molecule has 5 nitrogen and oxygen atoms in total. The largest absolute Gasteiger partial charge is 0.379 e. The van der Waals surface area contributed by atoms with Gasteiger partial charge >= 0.3 is 0 Å². The number of ether oxygens (including phenoxy) is 1. The molecule has 1 aromatic carbocycles. The minimum atomic E-state index is -0.438. The fourth-order valence-electron chi connectivity index (χ4n) is 3.09. The van der Waals surface area contributed by atoms with Crippen molar-refractivity contribution in [2.45, 2.75) is 0 Å². The van der Waals surface area contributed by atoms with Gasteiger partial charge in [-0.3, -0.25) is 14.6 Å². The highest BCUT2D eigenvalue weighted by atomic mass is 19.1. The molecule has 0 radical (unpaired) electrons. The lowest BCUT2D eigenvalue weighted by atomic mass is 10.1. The Morgan fingerprint density at radius 1 is 0.957 bits per heavy atom. The zero-order valence-electron chi connectivity index (χ0n) is 13.4. The van der Waals surface area contributed by atoms with E-state index < -0.39 is 5.82 Å². The Hall–Kier alpha value is -1.50. The summed E-state index contributed by atoms with van der Waals surface area (Å²) in [5, 5.41) is 0. The second-order valence-electron chi connectivity index (χ2n) is 6.07. The molecule has 0 unspecified atom stereocenters. The van der Waals surface area contributed by atoms with Crippen molar-refractivity contribution in [1.82, 2.24) is 14.7 Å². The summed E-state index contributed by atoms with van der Waals surface area (Å²) < 4.78 is 19.1. The summed E-state index contributed by atoms with van der Waals surface area (Å²) in [6, 6.07) is 6.21. The number of hydrogen-bond donors (Lipinski definition) is 0. The van der Waals surface area contributed by atoms with Crippen molar-refractivity contribution in [2.75, 3.05) is 65.6 Å². The van der Waals surface area contributed by atoms with Gasteiger partial charge in [0.25, 0.3) is 5.91 Å². The van der Waals surface area contributed by atoms with E-state index in [1.54, 1.807) is 23.1 Å². The first-order valence-electron chi connectivity index (χ1n) is 8.30. The number of hydrogen-bond acceptors (Lipinski definition) is 4. The van der Waals surface area contributed by atoms with Crippen molar-refractivity contribution in [2.24, 2.45) is 0 Å². The van der Waals surface area contributed by atoms with Crippen LogP contribution in [0.15, 0.2) is 24.3 Å². The van der Waals surface area contributed by atoms with Gasteiger partial charge in [0.05, 0.1) is 18.8 Å². The number of nitrogens with zero attached hydrogens (tertiary/aromatic N) is 3. The maximum atomic E-state index is 13.7. The Morgan fingerprint density at radius 3 is 2.22 bits per heavy atom. The predicted molar refractivity (Wildman–Crippen MR) is 86.0 cm³/mol. The van der Waals surface area contributed by atoms with Crippen LogP contribution in [0.25, 0.3) is 0 Å². The third-order valence-corrected chi connectivity index (χ3v) is 4.60. The van der Waals surface area contributed by atoms with E-state index in [0.717, 1.165) is 52.5 Å². The Labute approximate surface area is 136 Å². The number of carbonyl (C=O) groups excluding carboxylic acids is 1. The molecular formula is C17H24FN3O2. The number of benzene rings is 1. The summed E-state index contributed by atoms with van der Waals surface area (Å²) in [6.07, 6.45) is 0. The Morgan fingerprint density at radius 2 is 1.57 bits per heavy atom. The van der Waals surface area contributed by atoms with Gasteiger partial charge in [-0.1, -0.05) is 12.1 Å². The van der Waals surface area contributed by atoms with Crippen molar-refractivity contribution in [1.29, 1.82) is 0 Å². The summed E-state index contributed by atoms with van der Waals surface area (Å²) >= 11 is 0. The van der Waals surface area contributed by atoms with Crippen LogP contribution in [0.5, 0.6) is 0 Å². The van der Waals surface area contributed by atoms with E-state index in [0.29, 0.717) is 13.1 Å². The van der Waals surface area contributed by atoms with E-state index in [2.05, 4.69) is 9.80 Å². The van der Waals surface area contributed by atoms with Gasteiger partial charge < -0.3 is 9.64 Å². The van der Waals surface area contributed by atoms with Gasteiger partial charge in [-0.15, -0.1) is 0 Å². The molecule has 0 atom stereocenters. The normalized spacial score (nSPS) is 20.7. The lowest BCUT2D eigenvalue weighted by Gasteiger charge is -2.36. The Bertz CT molecular complexity index is 526. The monoisotopic (exact) mass is 321 g/mol. The van der Waals surface area contributed by atoms with Gasteiger partial charge in [-0.05, 0) is 12.1 Å². The number of carbonyl (C=O) groups is 1. The van der Waals surface area contributed by atoms with Gasteiger partial charge in [-0.25, -0.2) is 4.39 Å². The lowest BCUT2D eigenvalue weighted by molar-refractivity contribution is 0.0293. The van der Waals surface area contributed by atoms with Gasteiger partial charge in [0.2, 0.25) is 0 Å². The first-order valence-corrected chi connectivity index (χ1v) is 8.30.